The van der Waals surface area contributed by atoms with Crippen LogP contribution in [0.25, 0.3) is 22.7 Å². The van der Waals surface area contributed by atoms with Gasteiger partial charge in [0.15, 0.2) is 11.5 Å². The molecule has 0 spiro atoms. The van der Waals surface area contributed by atoms with Gasteiger partial charge in [0.2, 0.25) is 0 Å². The Morgan fingerprint density at radius 1 is 1.19 bits per heavy atom. The standard InChI is InChI=1S/C24H17BrClN3O2/c1-30-22-12-16(10-17(13-27)24-28-20-4-2-3-5-21(20)29-24)11-19(25)23(22)31-14-15-6-8-18(26)9-7-15/h2-12H,14H2,1H3,(H,28,29)/b17-10-. The molecule has 0 fully saturated rings. The summed E-state index contributed by atoms with van der Waals surface area (Å²) in [5.74, 6) is 1.65. The molecular weight excluding hydrogens is 478 g/mol. The fraction of sp³-hybridized carbons (Fsp3) is 0.0833. The summed E-state index contributed by atoms with van der Waals surface area (Å²) in [5.41, 5.74) is 3.87. The number of nitriles is 1. The van der Waals surface area contributed by atoms with Gasteiger partial charge in [-0.2, -0.15) is 5.26 Å². The van der Waals surface area contributed by atoms with Gasteiger partial charge in [-0.1, -0.05) is 35.9 Å². The highest BCUT2D eigenvalue weighted by molar-refractivity contribution is 9.10. The number of H-pyrrole nitrogens is 1. The number of aromatic nitrogens is 2. The summed E-state index contributed by atoms with van der Waals surface area (Å²) in [6.07, 6.45) is 1.76. The van der Waals surface area contributed by atoms with Crippen LogP contribution in [0.2, 0.25) is 5.02 Å². The van der Waals surface area contributed by atoms with Crippen molar-refractivity contribution in [3.8, 4) is 17.6 Å². The van der Waals surface area contributed by atoms with E-state index in [0.717, 1.165) is 22.2 Å². The molecule has 0 aliphatic rings. The number of methoxy groups -OCH3 is 1. The summed E-state index contributed by atoms with van der Waals surface area (Å²) in [7, 11) is 1.58. The number of hydrogen-bond donors (Lipinski definition) is 1. The van der Waals surface area contributed by atoms with Gasteiger partial charge in [-0.3, -0.25) is 0 Å². The first-order chi connectivity index (χ1) is 15.1. The van der Waals surface area contributed by atoms with Crippen molar-refractivity contribution in [2.45, 2.75) is 6.61 Å². The van der Waals surface area contributed by atoms with Crippen LogP contribution in [-0.2, 0) is 6.61 Å². The molecule has 1 aromatic heterocycles. The summed E-state index contributed by atoms with van der Waals surface area (Å²) in [6.45, 7) is 0.365. The molecule has 0 saturated carbocycles. The highest BCUT2D eigenvalue weighted by Crippen LogP contribution is 2.38. The molecule has 4 aromatic rings. The lowest BCUT2D eigenvalue weighted by atomic mass is 10.1. The number of nitrogens with one attached hydrogen (secondary N) is 1. The largest absolute Gasteiger partial charge is 0.493 e. The Morgan fingerprint density at radius 2 is 1.97 bits per heavy atom. The van der Waals surface area contributed by atoms with Gasteiger partial charge in [-0.15, -0.1) is 0 Å². The van der Waals surface area contributed by atoms with Crippen LogP contribution in [0, 0.1) is 11.3 Å². The summed E-state index contributed by atoms with van der Waals surface area (Å²) >= 11 is 9.49. The van der Waals surface area contributed by atoms with Gasteiger partial charge < -0.3 is 14.5 Å². The van der Waals surface area contributed by atoms with Gasteiger partial charge >= 0.3 is 0 Å². The van der Waals surface area contributed by atoms with E-state index in [9.17, 15) is 5.26 Å². The fourth-order valence-electron chi connectivity index (χ4n) is 3.10. The van der Waals surface area contributed by atoms with Gasteiger partial charge in [0, 0.05) is 5.02 Å². The van der Waals surface area contributed by atoms with E-state index in [-0.39, 0.29) is 0 Å². The maximum absolute atomic E-state index is 9.69. The molecule has 0 aliphatic carbocycles. The summed E-state index contributed by atoms with van der Waals surface area (Å²) in [5, 5.41) is 10.4. The molecule has 0 atom stereocenters. The van der Waals surface area contributed by atoms with E-state index in [1.165, 1.54) is 0 Å². The Labute approximate surface area is 193 Å². The number of allylic oxidation sites excluding steroid dienone is 1. The van der Waals surface area contributed by atoms with Crippen molar-refractivity contribution in [2.75, 3.05) is 7.11 Å². The van der Waals surface area contributed by atoms with Crippen molar-refractivity contribution in [2.24, 2.45) is 0 Å². The number of aromatic amines is 1. The zero-order chi connectivity index (χ0) is 21.8. The fourth-order valence-corrected chi connectivity index (χ4v) is 3.80. The zero-order valence-electron chi connectivity index (χ0n) is 16.5. The molecule has 31 heavy (non-hydrogen) atoms. The Hall–Kier alpha value is -3.27. The molecule has 0 saturated heterocycles. The molecular formula is C24H17BrClN3O2. The number of imidazole rings is 1. The summed E-state index contributed by atoms with van der Waals surface area (Å²) in [4.78, 5) is 7.69. The average Bonchev–Trinajstić information content (AvgIpc) is 3.21. The van der Waals surface area contributed by atoms with Crippen molar-refractivity contribution in [1.29, 1.82) is 5.26 Å². The van der Waals surface area contributed by atoms with Crippen molar-refractivity contribution >= 4 is 50.2 Å². The minimum absolute atomic E-state index is 0.365. The van der Waals surface area contributed by atoms with Gasteiger partial charge in [-0.05, 0) is 69.5 Å². The predicted molar refractivity (Wildman–Crippen MR) is 126 cm³/mol. The first-order valence-corrected chi connectivity index (χ1v) is 10.6. The Balaban J connectivity index is 1.63. The maximum Gasteiger partial charge on any atom is 0.175 e. The number of rotatable bonds is 6. The molecule has 1 heterocycles. The third-order valence-electron chi connectivity index (χ3n) is 4.62. The van der Waals surface area contributed by atoms with Gasteiger partial charge in [0.1, 0.15) is 18.5 Å². The van der Waals surface area contributed by atoms with E-state index in [1.807, 2.05) is 60.7 Å². The number of halogens is 2. The van der Waals surface area contributed by atoms with Crippen LogP contribution in [-0.4, -0.2) is 17.1 Å². The van der Waals surface area contributed by atoms with Crippen LogP contribution in [0.3, 0.4) is 0 Å². The average molecular weight is 495 g/mol. The number of fused-ring (bicyclic) bond motifs is 1. The molecule has 4 rings (SSSR count). The first-order valence-electron chi connectivity index (χ1n) is 9.39. The molecule has 0 amide bonds. The minimum atomic E-state index is 0.365. The second kappa shape index (κ2) is 9.25. The first kappa shape index (κ1) is 21.0. The number of para-hydroxylation sites is 2. The topological polar surface area (TPSA) is 70.9 Å². The van der Waals surface area contributed by atoms with Crippen molar-refractivity contribution < 1.29 is 9.47 Å². The molecule has 0 aliphatic heterocycles. The number of ether oxygens (including phenoxy) is 2. The predicted octanol–water partition coefficient (Wildman–Crippen LogP) is 6.63. The molecule has 1 N–H and O–H groups in total. The van der Waals surface area contributed by atoms with Gasteiger partial charge in [-0.25, -0.2) is 4.98 Å². The quantitative estimate of drug-likeness (QED) is 0.305. The van der Waals surface area contributed by atoms with Crippen molar-refractivity contribution in [1.82, 2.24) is 9.97 Å². The lowest BCUT2D eigenvalue weighted by Crippen LogP contribution is -1.99. The Morgan fingerprint density at radius 3 is 2.68 bits per heavy atom. The maximum atomic E-state index is 9.69. The van der Waals surface area contributed by atoms with E-state index in [0.29, 0.717) is 39.0 Å². The van der Waals surface area contributed by atoms with Gasteiger partial charge in [0.05, 0.1) is 28.2 Å². The van der Waals surface area contributed by atoms with Crippen LogP contribution in [0.5, 0.6) is 11.5 Å². The second-order valence-corrected chi connectivity index (χ2v) is 8.01. The SMILES string of the molecule is COc1cc(/C=C(/C#N)c2nc3ccccc3[nH]2)cc(Br)c1OCc1ccc(Cl)cc1. The normalized spacial score (nSPS) is 11.4. The molecule has 0 radical (unpaired) electrons. The van der Waals surface area contributed by atoms with E-state index in [2.05, 4.69) is 32.0 Å². The van der Waals surface area contributed by atoms with Crippen LogP contribution < -0.4 is 9.47 Å². The van der Waals surface area contributed by atoms with Crippen LogP contribution in [0.15, 0.2) is 65.1 Å². The highest BCUT2D eigenvalue weighted by Gasteiger charge is 2.13. The van der Waals surface area contributed by atoms with E-state index in [4.69, 9.17) is 21.1 Å². The van der Waals surface area contributed by atoms with E-state index >= 15 is 0 Å². The van der Waals surface area contributed by atoms with Crippen molar-refractivity contribution in [3.05, 3.63) is 87.1 Å². The second-order valence-electron chi connectivity index (χ2n) is 6.72. The van der Waals surface area contributed by atoms with Crippen LogP contribution in [0.1, 0.15) is 17.0 Å². The third kappa shape index (κ3) is 4.74. The van der Waals surface area contributed by atoms with Crippen LogP contribution in [0.4, 0.5) is 0 Å². The summed E-state index contributed by atoms with van der Waals surface area (Å²) in [6, 6.07) is 21.0. The lowest BCUT2D eigenvalue weighted by molar-refractivity contribution is 0.282. The highest BCUT2D eigenvalue weighted by atomic mass is 79.9. The summed E-state index contributed by atoms with van der Waals surface area (Å²) < 4.78 is 12.2. The monoisotopic (exact) mass is 493 g/mol. The molecule has 3 aromatic carbocycles. The molecule has 0 unspecified atom stereocenters. The Bertz CT molecular complexity index is 1270. The number of benzene rings is 3. The minimum Gasteiger partial charge on any atom is -0.493 e. The Kier molecular flexibility index (Phi) is 6.26. The smallest absolute Gasteiger partial charge is 0.175 e. The third-order valence-corrected chi connectivity index (χ3v) is 5.47. The van der Waals surface area contributed by atoms with Gasteiger partial charge in [0.25, 0.3) is 0 Å². The van der Waals surface area contributed by atoms with Crippen LogP contribution >= 0.6 is 27.5 Å². The lowest BCUT2D eigenvalue weighted by Gasteiger charge is -2.14. The number of hydrogen-bond acceptors (Lipinski definition) is 4. The molecule has 5 nitrogen and oxygen atoms in total. The molecule has 7 heteroatoms. The zero-order valence-corrected chi connectivity index (χ0v) is 18.9. The molecule has 0 bridgehead atoms. The molecule has 154 valence electrons. The number of nitrogens with zero attached hydrogens (tertiary/aromatic N) is 2. The van der Waals surface area contributed by atoms with E-state index in [1.54, 1.807) is 13.2 Å². The van der Waals surface area contributed by atoms with E-state index < -0.39 is 0 Å². The van der Waals surface area contributed by atoms with Crippen molar-refractivity contribution in [3.63, 3.8) is 0 Å².